The van der Waals surface area contributed by atoms with Gasteiger partial charge in [0.15, 0.2) is 0 Å². The van der Waals surface area contributed by atoms with Crippen LogP contribution in [0.4, 0.5) is 10.1 Å². The summed E-state index contributed by atoms with van der Waals surface area (Å²) in [5.41, 5.74) is 0.882. The maximum Gasteiger partial charge on any atom is 0.264 e. The van der Waals surface area contributed by atoms with Gasteiger partial charge < -0.3 is 9.47 Å². The van der Waals surface area contributed by atoms with Crippen molar-refractivity contribution in [3.05, 3.63) is 84.2 Å². The van der Waals surface area contributed by atoms with Gasteiger partial charge >= 0.3 is 0 Å². The lowest BCUT2D eigenvalue weighted by atomic mass is 10.2. The van der Waals surface area contributed by atoms with Gasteiger partial charge in [0.1, 0.15) is 17.3 Å². The topological polar surface area (TPSA) is 55.8 Å². The molecule has 3 aromatic carbocycles. The zero-order valence-corrected chi connectivity index (χ0v) is 16.3. The molecule has 3 rings (SSSR count). The molecule has 0 atom stereocenters. The summed E-state index contributed by atoms with van der Waals surface area (Å²) < 4.78 is 52.2. The smallest absolute Gasteiger partial charge is 0.264 e. The normalized spacial score (nSPS) is 11.1. The molecule has 7 heteroatoms. The Morgan fingerprint density at radius 1 is 0.893 bits per heavy atom. The lowest BCUT2D eigenvalue weighted by molar-refractivity contribution is 0.410. The largest absolute Gasteiger partial charge is 0.497 e. The van der Waals surface area contributed by atoms with Crippen LogP contribution >= 0.6 is 0 Å². The average Bonchev–Trinajstić information content (AvgIpc) is 2.72. The van der Waals surface area contributed by atoms with Gasteiger partial charge in [-0.1, -0.05) is 24.3 Å². The van der Waals surface area contributed by atoms with Crippen LogP contribution in [0.1, 0.15) is 5.56 Å². The second kappa shape index (κ2) is 8.31. The van der Waals surface area contributed by atoms with Crippen LogP contribution in [0.25, 0.3) is 0 Å². The molecular formula is C21H20FNO4S. The first-order valence-electron chi connectivity index (χ1n) is 8.50. The van der Waals surface area contributed by atoms with E-state index in [0.29, 0.717) is 17.1 Å². The molecule has 0 aliphatic rings. The van der Waals surface area contributed by atoms with E-state index in [9.17, 15) is 12.8 Å². The number of sulfonamides is 1. The first kappa shape index (κ1) is 19.7. The SMILES string of the molecule is COc1ccc(S(=O)(=O)N(Cc2ccccc2OC)c2cccc(F)c2)cc1. The number of nitrogens with zero attached hydrogens (tertiary/aromatic N) is 1. The number of anilines is 1. The first-order valence-corrected chi connectivity index (χ1v) is 9.94. The fourth-order valence-electron chi connectivity index (χ4n) is 2.81. The van der Waals surface area contributed by atoms with Crippen LogP contribution in [-0.4, -0.2) is 22.6 Å². The molecule has 0 bridgehead atoms. The quantitative estimate of drug-likeness (QED) is 0.594. The number of methoxy groups -OCH3 is 2. The molecule has 0 fully saturated rings. The molecule has 0 spiro atoms. The van der Waals surface area contributed by atoms with E-state index in [1.54, 1.807) is 42.5 Å². The molecule has 0 radical (unpaired) electrons. The van der Waals surface area contributed by atoms with Crippen LogP contribution in [0.5, 0.6) is 11.5 Å². The van der Waals surface area contributed by atoms with Gasteiger partial charge in [-0.2, -0.15) is 0 Å². The Labute approximate surface area is 164 Å². The highest BCUT2D eigenvalue weighted by molar-refractivity contribution is 7.92. The number of ether oxygens (including phenoxy) is 2. The lowest BCUT2D eigenvalue weighted by Gasteiger charge is -2.25. The van der Waals surface area contributed by atoms with Gasteiger partial charge in [0.2, 0.25) is 0 Å². The predicted molar refractivity (Wildman–Crippen MR) is 106 cm³/mol. The van der Waals surface area contributed by atoms with Crippen molar-refractivity contribution in [2.24, 2.45) is 0 Å². The minimum Gasteiger partial charge on any atom is -0.497 e. The Kier molecular flexibility index (Phi) is 5.84. The summed E-state index contributed by atoms with van der Waals surface area (Å²) >= 11 is 0. The van der Waals surface area contributed by atoms with Crippen LogP contribution < -0.4 is 13.8 Å². The molecule has 3 aromatic rings. The Balaban J connectivity index is 2.09. The van der Waals surface area contributed by atoms with Crippen LogP contribution in [0, 0.1) is 5.82 Å². The van der Waals surface area contributed by atoms with E-state index in [1.165, 1.54) is 44.6 Å². The van der Waals surface area contributed by atoms with Crippen LogP contribution in [0.3, 0.4) is 0 Å². The van der Waals surface area contributed by atoms with Gasteiger partial charge in [-0.25, -0.2) is 12.8 Å². The third kappa shape index (κ3) is 4.09. The van der Waals surface area contributed by atoms with Crippen LogP contribution in [0.15, 0.2) is 77.7 Å². The zero-order chi connectivity index (χ0) is 20.1. The average molecular weight is 401 g/mol. The van der Waals surface area contributed by atoms with Gasteiger partial charge in [0.05, 0.1) is 31.3 Å². The minimum absolute atomic E-state index is 0.0121. The second-order valence-corrected chi connectivity index (χ2v) is 7.84. The van der Waals surface area contributed by atoms with E-state index in [2.05, 4.69) is 0 Å². The molecule has 0 aromatic heterocycles. The highest BCUT2D eigenvalue weighted by Crippen LogP contribution is 2.30. The number of hydrogen-bond acceptors (Lipinski definition) is 4. The number of benzene rings is 3. The molecule has 0 amide bonds. The first-order chi connectivity index (χ1) is 13.5. The fraction of sp³-hybridized carbons (Fsp3) is 0.143. The standard InChI is InChI=1S/C21H20FNO4S/c1-26-19-10-12-20(13-11-19)28(24,25)23(18-8-5-7-17(22)14-18)15-16-6-3-4-9-21(16)27-2/h3-14H,15H2,1-2H3. The van der Waals surface area contributed by atoms with Gasteiger partial charge in [-0.15, -0.1) is 0 Å². The Morgan fingerprint density at radius 2 is 1.61 bits per heavy atom. The highest BCUT2D eigenvalue weighted by atomic mass is 32.2. The monoisotopic (exact) mass is 401 g/mol. The van der Waals surface area contributed by atoms with Gasteiger partial charge in [-0.05, 0) is 48.5 Å². The van der Waals surface area contributed by atoms with E-state index in [1.807, 2.05) is 0 Å². The van der Waals surface area contributed by atoms with Crippen molar-refractivity contribution in [1.29, 1.82) is 0 Å². The fourth-order valence-corrected chi connectivity index (χ4v) is 4.24. The van der Waals surface area contributed by atoms with E-state index in [0.717, 1.165) is 4.31 Å². The Morgan fingerprint density at radius 3 is 2.25 bits per heavy atom. The third-order valence-corrected chi connectivity index (χ3v) is 6.04. The van der Waals surface area contributed by atoms with Crippen molar-refractivity contribution < 1.29 is 22.3 Å². The summed E-state index contributed by atoms with van der Waals surface area (Å²) in [6, 6.07) is 18.7. The van der Waals surface area contributed by atoms with E-state index < -0.39 is 15.8 Å². The molecular weight excluding hydrogens is 381 g/mol. The van der Waals surface area contributed by atoms with Crippen molar-refractivity contribution in [2.45, 2.75) is 11.4 Å². The van der Waals surface area contributed by atoms with Crippen molar-refractivity contribution in [2.75, 3.05) is 18.5 Å². The summed E-state index contributed by atoms with van der Waals surface area (Å²) in [6.07, 6.45) is 0. The summed E-state index contributed by atoms with van der Waals surface area (Å²) in [4.78, 5) is 0.0764. The number of hydrogen-bond donors (Lipinski definition) is 0. The lowest BCUT2D eigenvalue weighted by Crippen LogP contribution is -2.30. The number of rotatable bonds is 7. The molecule has 0 heterocycles. The van der Waals surface area contributed by atoms with Crippen molar-refractivity contribution in [3.8, 4) is 11.5 Å². The van der Waals surface area contributed by atoms with E-state index in [4.69, 9.17) is 9.47 Å². The van der Waals surface area contributed by atoms with Crippen molar-refractivity contribution >= 4 is 15.7 Å². The molecule has 28 heavy (non-hydrogen) atoms. The molecule has 0 aliphatic carbocycles. The molecule has 0 unspecified atom stereocenters. The molecule has 0 saturated carbocycles. The van der Waals surface area contributed by atoms with Crippen LogP contribution in [-0.2, 0) is 16.6 Å². The Hall–Kier alpha value is -3.06. The molecule has 0 aliphatic heterocycles. The maximum atomic E-state index is 13.8. The maximum absolute atomic E-state index is 13.8. The number of halogens is 1. The van der Waals surface area contributed by atoms with Crippen molar-refractivity contribution in [3.63, 3.8) is 0 Å². The van der Waals surface area contributed by atoms with E-state index >= 15 is 0 Å². The molecule has 146 valence electrons. The predicted octanol–water partition coefficient (Wildman–Crippen LogP) is 4.24. The summed E-state index contributed by atoms with van der Waals surface area (Å²) in [6.45, 7) is -0.0121. The molecule has 0 saturated heterocycles. The second-order valence-electron chi connectivity index (χ2n) is 5.98. The van der Waals surface area contributed by atoms with E-state index in [-0.39, 0.29) is 17.1 Å². The molecule has 0 N–H and O–H groups in total. The van der Waals surface area contributed by atoms with Crippen LogP contribution in [0.2, 0.25) is 0 Å². The van der Waals surface area contributed by atoms with Gasteiger partial charge in [0, 0.05) is 5.56 Å². The summed E-state index contributed by atoms with van der Waals surface area (Å²) in [7, 11) is -0.942. The highest BCUT2D eigenvalue weighted by Gasteiger charge is 2.26. The van der Waals surface area contributed by atoms with Gasteiger partial charge in [-0.3, -0.25) is 4.31 Å². The third-order valence-electron chi connectivity index (χ3n) is 4.25. The molecule has 5 nitrogen and oxygen atoms in total. The Bertz CT molecular complexity index is 1050. The summed E-state index contributed by atoms with van der Waals surface area (Å²) in [5.74, 6) is 0.572. The van der Waals surface area contributed by atoms with Gasteiger partial charge in [0.25, 0.3) is 10.0 Å². The minimum atomic E-state index is -3.96. The summed E-state index contributed by atoms with van der Waals surface area (Å²) in [5, 5.41) is 0. The number of para-hydroxylation sites is 1. The zero-order valence-electron chi connectivity index (χ0n) is 15.5. The van der Waals surface area contributed by atoms with Crippen molar-refractivity contribution in [1.82, 2.24) is 0 Å².